The van der Waals surface area contributed by atoms with Crippen LogP contribution in [0.25, 0.3) is 0 Å². The quantitative estimate of drug-likeness (QED) is 0.526. The van der Waals surface area contributed by atoms with Crippen LogP contribution in [0.3, 0.4) is 0 Å². The van der Waals surface area contributed by atoms with E-state index in [1.54, 1.807) is 4.90 Å². The number of ether oxygens (including phenoxy) is 1. The van der Waals surface area contributed by atoms with Gasteiger partial charge in [-0.05, 0) is 18.3 Å². The smallest absolute Gasteiger partial charge is 0.237 e. The monoisotopic (exact) mass is 279 g/mol. The Morgan fingerprint density at radius 1 is 1.05 bits per heavy atom. The van der Waals surface area contributed by atoms with E-state index in [9.17, 15) is 14.4 Å². The SMILES string of the molecule is CC1(C)[C@@]2(C(=O)N3CCOCC3)CC[C@]1(C)C(=O)C2=O. The second kappa shape index (κ2) is 3.91. The first kappa shape index (κ1) is 13.7. The number of nitrogens with zero attached hydrogens (tertiary/aromatic N) is 1. The van der Waals surface area contributed by atoms with Crippen LogP contribution in [0.2, 0.25) is 0 Å². The third-order valence-corrected chi connectivity index (χ3v) is 6.20. The highest BCUT2D eigenvalue weighted by Crippen LogP contribution is 2.69. The maximum atomic E-state index is 13.0. The van der Waals surface area contributed by atoms with Gasteiger partial charge < -0.3 is 9.64 Å². The maximum absolute atomic E-state index is 13.0. The van der Waals surface area contributed by atoms with Crippen molar-refractivity contribution in [2.24, 2.45) is 16.2 Å². The van der Waals surface area contributed by atoms with Crippen molar-refractivity contribution in [3.63, 3.8) is 0 Å². The molecule has 0 radical (unpaired) electrons. The Morgan fingerprint density at radius 2 is 1.65 bits per heavy atom. The molecule has 0 unspecified atom stereocenters. The minimum Gasteiger partial charge on any atom is -0.378 e. The van der Waals surface area contributed by atoms with Crippen LogP contribution in [0.1, 0.15) is 33.6 Å². The fraction of sp³-hybridized carbons (Fsp3) is 0.800. The topological polar surface area (TPSA) is 63.7 Å². The molecule has 0 spiro atoms. The van der Waals surface area contributed by atoms with Gasteiger partial charge in [0.15, 0.2) is 0 Å². The molecule has 3 fully saturated rings. The van der Waals surface area contributed by atoms with Crippen molar-refractivity contribution in [3.05, 3.63) is 0 Å². The summed E-state index contributed by atoms with van der Waals surface area (Å²) in [6.45, 7) is 7.67. The molecule has 0 aromatic heterocycles. The van der Waals surface area contributed by atoms with Crippen molar-refractivity contribution in [1.29, 1.82) is 0 Å². The molecule has 1 amide bonds. The predicted molar refractivity (Wildman–Crippen MR) is 71.0 cm³/mol. The molecule has 0 aromatic carbocycles. The average molecular weight is 279 g/mol. The molecule has 3 rings (SSSR count). The van der Waals surface area contributed by atoms with E-state index in [0.717, 1.165) is 0 Å². The molecule has 2 saturated carbocycles. The maximum Gasteiger partial charge on any atom is 0.237 e. The molecular weight excluding hydrogens is 258 g/mol. The highest BCUT2D eigenvalue weighted by molar-refractivity contribution is 6.48. The lowest BCUT2D eigenvalue weighted by molar-refractivity contribution is -0.158. The summed E-state index contributed by atoms with van der Waals surface area (Å²) in [5, 5.41) is 0. The van der Waals surface area contributed by atoms with Gasteiger partial charge in [0, 0.05) is 18.5 Å². The van der Waals surface area contributed by atoms with Crippen molar-refractivity contribution in [2.75, 3.05) is 26.3 Å². The molecule has 2 aliphatic carbocycles. The van der Waals surface area contributed by atoms with Crippen molar-refractivity contribution >= 4 is 17.5 Å². The minimum atomic E-state index is -1.14. The molecular formula is C15H21NO4. The molecule has 0 N–H and O–H groups in total. The summed E-state index contributed by atoms with van der Waals surface area (Å²) >= 11 is 0. The predicted octanol–water partition coefficient (Wildman–Crippen LogP) is 0.810. The number of fused-ring (bicyclic) bond motifs is 2. The molecule has 1 saturated heterocycles. The second-order valence-electron chi connectivity index (χ2n) is 6.93. The Labute approximate surface area is 118 Å². The lowest BCUT2D eigenvalue weighted by Crippen LogP contribution is -2.54. The summed E-state index contributed by atoms with van der Waals surface area (Å²) in [5.41, 5.74) is -2.44. The van der Waals surface area contributed by atoms with E-state index in [1.807, 2.05) is 20.8 Å². The van der Waals surface area contributed by atoms with Gasteiger partial charge in [-0.2, -0.15) is 0 Å². The van der Waals surface area contributed by atoms with E-state index < -0.39 is 22.0 Å². The molecule has 1 aliphatic heterocycles. The summed E-state index contributed by atoms with van der Waals surface area (Å²) in [4.78, 5) is 39.6. The van der Waals surface area contributed by atoms with Crippen LogP contribution in [0.15, 0.2) is 0 Å². The first-order valence-electron chi connectivity index (χ1n) is 7.25. The van der Waals surface area contributed by atoms with Crippen LogP contribution >= 0.6 is 0 Å². The van der Waals surface area contributed by atoms with E-state index in [0.29, 0.717) is 39.1 Å². The molecule has 3 aliphatic rings. The molecule has 1 heterocycles. The fourth-order valence-corrected chi connectivity index (χ4v) is 4.28. The van der Waals surface area contributed by atoms with Crippen molar-refractivity contribution in [1.82, 2.24) is 4.90 Å². The second-order valence-corrected chi connectivity index (χ2v) is 6.93. The van der Waals surface area contributed by atoms with Gasteiger partial charge in [-0.1, -0.05) is 20.8 Å². The van der Waals surface area contributed by atoms with Gasteiger partial charge in [-0.15, -0.1) is 0 Å². The summed E-state index contributed by atoms with van der Waals surface area (Å²) in [5.74, 6) is -0.978. The van der Waals surface area contributed by atoms with Gasteiger partial charge >= 0.3 is 0 Å². The van der Waals surface area contributed by atoms with E-state index in [2.05, 4.69) is 0 Å². The molecule has 2 atom stereocenters. The van der Waals surface area contributed by atoms with Crippen LogP contribution in [-0.4, -0.2) is 48.7 Å². The number of ketones is 2. The van der Waals surface area contributed by atoms with Crippen LogP contribution < -0.4 is 0 Å². The van der Waals surface area contributed by atoms with Crippen LogP contribution in [0.4, 0.5) is 0 Å². The zero-order valence-corrected chi connectivity index (χ0v) is 12.3. The van der Waals surface area contributed by atoms with Gasteiger partial charge in [0.1, 0.15) is 5.41 Å². The van der Waals surface area contributed by atoms with Gasteiger partial charge in [0.2, 0.25) is 17.5 Å². The minimum absolute atomic E-state index is 0.162. The zero-order valence-electron chi connectivity index (χ0n) is 12.3. The molecule has 0 aromatic rings. The first-order valence-corrected chi connectivity index (χ1v) is 7.25. The van der Waals surface area contributed by atoms with E-state index in [4.69, 9.17) is 4.74 Å². The number of rotatable bonds is 1. The Hall–Kier alpha value is -1.23. The largest absolute Gasteiger partial charge is 0.378 e. The van der Waals surface area contributed by atoms with E-state index in [-0.39, 0.29) is 11.7 Å². The summed E-state index contributed by atoms with van der Waals surface area (Å²) < 4.78 is 5.26. The third kappa shape index (κ3) is 1.25. The summed E-state index contributed by atoms with van der Waals surface area (Å²) in [6, 6.07) is 0. The Morgan fingerprint density at radius 3 is 2.15 bits per heavy atom. The Kier molecular flexibility index (Phi) is 2.68. The van der Waals surface area contributed by atoms with Gasteiger partial charge in [-0.25, -0.2) is 0 Å². The lowest BCUT2D eigenvalue weighted by atomic mass is 9.64. The molecule has 5 heteroatoms. The summed E-state index contributed by atoms with van der Waals surface area (Å²) in [7, 11) is 0. The van der Waals surface area contributed by atoms with Crippen LogP contribution in [0.5, 0.6) is 0 Å². The van der Waals surface area contributed by atoms with Gasteiger partial charge in [0.25, 0.3) is 0 Å². The van der Waals surface area contributed by atoms with E-state index in [1.165, 1.54) is 0 Å². The van der Waals surface area contributed by atoms with Crippen molar-refractivity contribution < 1.29 is 19.1 Å². The highest BCUT2D eigenvalue weighted by atomic mass is 16.5. The average Bonchev–Trinajstić information content (AvgIpc) is 2.71. The van der Waals surface area contributed by atoms with Gasteiger partial charge in [0.05, 0.1) is 13.2 Å². The Bertz CT molecular complexity index is 506. The number of amides is 1. The van der Waals surface area contributed by atoms with Crippen molar-refractivity contribution in [3.8, 4) is 0 Å². The number of carbonyl (C=O) groups excluding carboxylic acids is 3. The van der Waals surface area contributed by atoms with Crippen LogP contribution in [0, 0.1) is 16.2 Å². The van der Waals surface area contributed by atoms with E-state index >= 15 is 0 Å². The zero-order chi connectivity index (χ0) is 14.8. The lowest BCUT2D eigenvalue weighted by Gasteiger charge is -2.41. The molecule has 2 bridgehead atoms. The Balaban J connectivity index is 2.04. The molecule has 110 valence electrons. The number of hydrogen-bond acceptors (Lipinski definition) is 4. The number of Topliss-reactive ketones (excluding diaryl/α,β-unsaturated/α-hetero) is 2. The number of carbonyl (C=O) groups is 3. The van der Waals surface area contributed by atoms with Crippen LogP contribution in [-0.2, 0) is 19.1 Å². The summed E-state index contributed by atoms with van der Waals surface area (Å²) in [6.07, 6.45) is 1.12. The fourth-order valence-electron chi connectivity index (χ4n) is 4.28. The highest BCUT2D eigenvalue weighted by Gasteiger charge is 2.78. The normalized spacial score (nSPS) is 39.5. The molecule has 5 nitrogen and oxygen atoms in total. The number of hydrogen-bond donors (Lipinski definition) is 0. The standard InChI is InChI=1S/C15H21NO4/c1-13(2)14(3)4-5-15(13,11(18)10(14)17)12(19)16-6-8-20-9-7-16/h4-9H2,1-3H3/t14-,15+/m1/s1. The van der Waals surface area contributed by atoms with Gasteiger partial charge in [-0.3, -0.25) is 14.4 Å². The third-order valence-electron chi connectivity index (χ3n) is 6.20. The van der Waals surface area contributed by atoms with Crippen molar-refractivity contribution in [2.45, 2.75) is 33.6 Å². The number of morpholine rings is 1. The first-order chi connectivity index (χ1) is 9.29. The molecule has 20 heavy (non-hydrogen) atoms.